The fourth-order valence-electron chi connectivity index (χ4n) is 1.16. The summed E-state index contributed by atoms with van der Waals surface area (Å²) in [5.74, 6) is -0.752. The van der Waals surface area contributed by atoms with Gasteiger partial charge in [-0.3, -0.25) is 0 Å². The molecule has 1 aromatic heterocycles. The molecule has 0 atom stereocenters. The molecule has 6 heteroatoms. The standard InChI is InChI=1S/C9H12ClN3O2/c1-3-13(4-2)9-11-6(8(14)15)5-7(10)12-9/h5H,3-4H2,1-2H3,(H,14,15). The van der Waals surface area contributed by atoms with Crippen LogP contribution in [0.15, 0.2) is 6.07 Å². The van der Waals surface area contributed by atoms with Gasteiger partial charge in [0, 0.05) is 19.2 Å². The Labute approximate surface area is 92.7 Å². The lowest BCUT2D eigenvalue weighted by Crippen LogP contribution is -2.25. The average molecular weight is 230 g/mol. The molecule has 0 amide bonds. The number of aromatic nitrogens is 2. The normalized spacial score (nSPS) is 10.1. The van der Waals surface area contributed by atoms with Crippen LogP contribution in [0.5, 0.6) is 0 Å². The van der Waals surface area contributed by atoms with E-state index in [4.69, 9.17) is 16.7 Å². The number of nitrogens with zero attached hydrogens (tertiary/aromatic N) is 3. The Morgan fingerprint density at radius 2 is 2.07 bits per heavy atom. The van der Waals surface area contributed by atoms with Gasteiger partial charge < -0.3 is 10.0 Å². The molecule has 82 valence electrons. The minimum Gasteiger partial charge on any atom is -0.477 e. The summed E-state index contributed by atoms with van der Waals surface area (Å²) in [5, 5.41) is 8.94. The average Bonchev–Trinajstić information content (AvgIpc) is 2.18. The van der Waals surface area contributed by atoms with Gasteiger partial charge >= 0.3 is 5.97 Å². The van der Waals surface area contributed by atoms with Crippen molar-refractivity contribution in [2.45, 2.75) is 13.8 Å². The number of hydrogen-bond donors (Lipinski definition) is 1. The highest BCUT2D eigenvalue weighted by molar-refractivity contribution is 6.29. The van der Waals surface area contributed by atoms with Crippen LogP contribution in [0, 0.1) is 0 Å². The van der Waals surface area contributed by atoms with E-state index in [9.17, 15) is 4.79 Å². The topological polar surface area (TPSA) is 66.3 Å². The molecular weight excluding hydrogens is 218 g/mol. The summed E-state index contributed by atoms with van der Waals surface area (Å²) in [6.07, 6.45) is 0. The number of carbonyl (C=O) groups is 1. The predicted molar refractivity (Wildman–Crippen MR) is 57.6 cm³/mol. The minimum absolute atomic E-state index is 0.0862. The van der Waals surface area contributed by atoms with Crippen molar-refractivity contribution in [1.29, 1.82) is 0 Å². The van der Waals surface area contributed by atoms with Gasteiger partial charge in [0.2, 0.25) is 5.95 Å². The van der Waals surface area contributed by atoms with E-state index >= 15 is 0 Å². The third kappa shape index (κ3) is 2.79. The van der Waals surface area contributed by atoms with Crippen LogP contribution in [0.3, 0.4) is 0 Å². The summed E-state index contributed by atoms with van der Waals surface area (Å²) in [6, 6.07) is 1.23. The highest BCUT2D eigenvalue weighted by atomic mass is 35.5. The van der Waals surface area contributed by atoms with Crippen molar-refractivity contribution in [2.24, 2.45) is 0 Å². The van der Waals surface area contributed by atoms with Crippen molar-refractivity contribution in [2.75, 3.05) is 18.0 Å². The number of halogens is 1. The molecule has 1 aromatic rings. The Morgan fingerprint density at radius 3 is 2.53 bits per heavy atom. The SMILES string of the molecule is CCN(CC)c1nc(Cl)cc(C(=O)O)n1. The lowest BCUT2D eigenvalue weighted by molar-refractivity contribution is 0.0690. The lowest BCUT2D eigenvalue weighted by atomic mass is 10.4. The first-order valence-electron chi connectivity index (χ1n) is 4.61. The van der Waals surface area contributed by atoms with Gasteiger partial charge in [0.1, 0.15) is 5.15 Å². The Morgan fingerprint density at radius 1 is 1.47 bits per heavy atom. The maximum atomic E-state index is 10.7. The third-order valence-electron chi connectivity index (χ3n) is 1.95. The van der Waals surface area contributed by atoms with Gasteiger partial charge in [-0.15, -0.1) is 0 Å². The minimum atomic E-state index is -1.10. The van der Waals surface area contributed by atoms with E-state index in [2.05, 4.69) is 9.97 Å². The van der Waals surface area contributed by atoms with Crippen LogP contribution in [0.1, 0.15) is 24.3 Å². The van der Waals surface area contributed by atoms with Crippen LogP contribution in [0.2, 0.25) is 5.15 Å². The van der Waals surface area contributed by atoms with Crippen LogP contribution in [-0.2, 0) is 0 Å². The monoisotopic (exact) mass is 229 g/mol. The van der Waals surface area contributed by atoms with Crippen molar-refractivity contribution in [3.05, 3.63) is 16.9 Å². The molecule has 0 aliphatic heterocycles. The third-order valence-corrected chi connectivity index (χ3v) is 2.14. The molecule has 0 bridgehead atoms. The number of carboxylic acids is 1. The molecule has 0 spiro atoms. The number of aromatic carboxylic acids is 1. The molecule has 15 heavy (non-hydrogen) atoms. The highest BCUT2D eigenvalue weighted by Gasteiger charge is 2.12. The summed E-state index contributed by atoms with van der Waals surface area (Å²) in [7, 11) is 0. The van der Waals surface area contributed by atoms with Gasteiger partial charge in [0.05, 0.1) is 0 Å². The number of anilines is 1. The first-order chi connectivity index (χ1) is 7.08. The lowest BCUT2D eigenvalue weighted by Gasteiger charge is -2.18. The zero-order chi connectivity index (χ0) is 11.4. The van der Waals surface area contributed by atoms with Gasteiger partial charge in [-0.1, -0.05) is 11.6 Å². The van der Waals surface area contributed by atoms with Crippen molar-refractivity contribution in [3.8, 4) is 0 Å². The molecule has 0 aromatic carbocycles. The summed E-state index contributed by atoms with van der Waals surface area (Å²) < 4.78 is 0. The van der Waals surface area contributed by atoms with Crippen LogP contribution in [0.4, 0.5) is 5.95 Å². The molecule has 0 saturated carbocycles. The molecule has 0 fully saturated rings. The van der Waals surface area contributed by atoms with Gasteiger partial charge in [0.15, 0.2) is 5.69 Å². The number of rotatable bonds is 4. The maximum Gasteiger partial charge on any atom is 0.354 e. The molecule has 0 aliphatic carbocycles. The van der Waals surface area contributed by atoms with E-state index in [1.807, 2.05) is 18.7 Å². The molecular formula is C9H12ClN3O2. The van der Waals surface area contributed by atoms with E-state index < -0.39 is 5.97 Å². The first kappa shape index (κ1) is 11.7. The molecule has 0 unspecified atom stereocenters. The van der Waals surface area contributed by atoms with Crippen LogP contribution in [0.25, 0.3) is 0 Å². The van der Waals surface area contributed by atoms with E-state index in [0.29, 0.717) is 19.0 Å². The van der Waals surface area contributed by atoms with Crippen molar-refractivity contribution in [3.63, 3.8) is 0 Å². The van der Waals surface area contributed by atoms with E-state index in [1.54, 1.807) is 0 Å². The van der Waals surface area contributed by atoms with Gasteiger partial charge in [-0.25, -0.2) is 14.8 Å². The maximum absolute atomic E-state index is 10.7. The summed E-state index contributed by atoms with van der Waals surface area (Å²) in [6.45, 7) is 5.29. The van der Waals surface area contributed by atoms with E-state index in [1.165, 1.54) is 6.07 Å². The zero-order valence-electron chi connectivity index (χ0n) is 8.57. The molecule has 0 aliphatic rings. The Balaban J connectivity index is 3.13. The zero-order valence-corrected chi connectivity index (χ0v) is 9.32. The fraction of sp³-hybridized carbons (Fsp3) is 0.444. The van der Waals surface area contributed by atoms with Crippen molar-refractivity contribution in [1.82, 2.24) is 9.97 Å². The quantitative estimate of drug-likeness (QED) is 0.796. The molecule has 0 radical (unpaired) electrons. The van der Waals surface area contributed by atoms with Crippen LogP contribution >= 0.6 is 11.6 Å². The summed E-state index contributed by atoms with van der Waals surface area (Å²) >= 11 is 5.71. The van der Waals surface area contributed by atoms with Crippen LogP contribution in [-0.4, -0.2) is 34.1 Å². The largest absolute Gasteiger partial charge is 0.477 e. The van der Waals surface area contributed by atoms with Gasteiger partial charge in [-0.2, -0.15) is 0 Å². The Kier molecular flexibility index (Phi) is 3.85. The Bertz CT molecular complexity index is 366. The molecule has 1 heterocycles. The van der Waals surface area contributed by atoms with Gasteiger partial charge in [0.25, 0.3) is 0 Å². The predicted octanol–water partition coefficient (Wildman–Crippen LogP) is 1.67. The molecule has 1 rings (SSSR count). The smallest absolute Gasteiger partial charge is 0.354 e. The summed E-state index contributed by atoms with van der Waals surface area (Å²) in [4.78, 5) is 20.4. The molecule has 0 saturated heterocycles. The van der Waals surface area contributed by atoms with E-state index in [-0.39, 0.29) is 10.8 Å². The fourth-order valence-corrected chi connectivity index (χ4v) is 1.34. The van der Waals surface area contributed by atoms with Crippen molar-refractivity contribution < 1.29 is 9.90 Å². The van der Waals surface area contributed by atoms with E-state index in [0.717, 1.165) is 0 Å². The van der Waals surface area contributed by atoms with Crippen molar-refractivity contribution >= 4 is 23.5 Å². The first-order valence-corrected chi connectivity index (χ1v) is 4.99. The van der Waals surface area contributed by atoms with Gasteiger partial charge in [-0.05, 0) is 13.8 Å². The second kappa shape index (κ2) is 4.93. The summed E-state index contributed by atoms with van der Waals surface area (Å²) in [5.41, 5.74) is -0.0862. The number of hydrogen-bond acceptors (Lipinski definition) is 4. The molecule has 5 nitrogen and oxygen atoms in total. The highest BCUT2D eigenvalue weighted by Crippen LogP contribution is 2.13. The van der Waals surface area contributed by atoms with Crippen LogP contribution < -0.4 is 4.90 Å². The second-order valence-electron chi connectivity index (χ2n) is 2.85. The molecule has 1 N–H and O–H groups in total. The Hall–Kier alpha value is -1.36. The number of carboxylic acid groups (broad SMARTS) is 1. The second-order valence-corrected chi connectivity index (χ2v) is 3.24.